The van der Waals surface area contributed by atoms with Gasteiger partial charge in [-0.2, -0.15) is 0 Å². The zero-order valence-corrected chi connectivity index (χ0v) is 44.5. The molecule has 4 aliphatic rings. The molecule has 76 heavy (non-hydrogen) atoms. The number of carbonyl (C=O) groups excluding carboxylic acids is 6. The van der Waals surface area contributed by atoms with Crippen molar-refractivity contribution in [3.05, 3.63) is 143 Å². The quantitative estimate of drug-likeness (QED) is 0.0559. The summed E-state index contributed by atoms with van der Waals surface area (Å²) in [5, 5.41) is 18.3. The average Bonchev–Trinajstić information content (AvgIpc) is 4.16. The lowest BCUT2D eigenvalue weighted by atomic mass is 9.87. The highest BCUT2D eigenvalue weighted by molar-refractivity contribution is 5.95. The Morgan fingerprint density at radius 3 is 1.33 bits per heavy atom. The van der Waals surface area contributed by atoms with Gasteiger partial charge in [0.05, 0.1) is 24.2 Å². The van der Waals surface area contributed by atoms with Crippen molar-refractivity contribution in [2.75, 3.05) is 40.4 Å². The molecule has 0 bridgehead atoms. The summed E-state index contributed by atoms with van der Waals surface area (Å²) in [4.78, 5) is 85.8. The van der Waals surface area contributed by atoms with Crippen molar-refractivity contribution < 1.29 is 38.2 Å². The predicted octanol–water partition coefficient (Wildman–Crippen LogP) is 5.34. The molecule has 8 atom stereocenters. The van der Waals surface area contributed by atoms with Gasteiger partial charge in [-0.25, -0.2) is 0 Å². The van der Waals surface area contributed by atoms with Gasteiger partial charge in [0.2, 0.25) is 35.4 Å². The van der Waals surface area contributed by atoms with Crippen molar-refractivity contribution >= 4 is 35.4 Å². The van der Waals surface area contributed by atoms with E-state index < -0.39 is 36.3 Å². The van der Waals surface area contributed by atoms with Gasteiger partial charge in [-0.05, 0) is 162 Å². The molecular formula is C60H76N8O8. The van der Waals surface area contributed by atoms with E-state index >= 15 is 0 Å². The van der Waals surface area contributed by atoms with Crippen molar-refractivity contribution in [1.82, 2.24) is 41.7 Å². The highest BCUT2D eigenvalue weighted by Crippen LogP contribution is 2.32. The van der Waals surface area contributed by atoms with Crippen LogP contribution in [-0.2, 0) is 54.5 Å². The van der Waals surface area contributed by atoms with E-state index in [1.165, 1.54) is 11.1 Å². The minimum absolute atomic E-state index is 0.0950. The van der Waals surface area contributed by atoms with Gasteiger partial charge < -0.3 is 51.2 Å². The number of ether oxygens (including phenoxy) is 2. The van der Waals surface area contributed by atoms with Gasteiger partial charge in [-0.15, -0.1) is 0 Å². The van der Waals surface area contributed by atoms with E-state index in [9.17, 15) is 28.8 Å². The van der Waals surface area contributed by atoms with Crippen molar-refractivity contribution in [2.24, 2.45) is 0 Å². The van der Waals surface area contributed by atoms with Crippen molar-refractivity contribution in [1.29, 1.82) is 0 Å². The number of nitrogens with zero attached hydrogens (tertiary/aromatic N) is 2. The van der Waals surface area contributed by atoms with E-state index in [2.05, 4.69) is 56.2 Å². The highest BCUT2D eigenvalue weighted by atomic mass is 16.5. The standard InChI is InChI=1S/C60H76N8O8/c1-39(61-3)55(69)65-51(59(73)67-33-13-23-53(67)57(71)63-49-21-11-17-43-15-5-7-19-47(43)49)37-41-25-29-45(30-26-41)75-35-9-10-36-76-46-31-27-42(28-32-46)38-52(66-56(70)40(2)62-4)60(74)68-34-14-24-54(68)58(72)64-50-22-12-18-44-16-6-8-20-48(44)50/h5-10,15-16,19-20,25-32,39-40,49-54,61-62H,11-14,17-18,21-24,33-38H2,1-4H3,(H,63,71)(H,64,72)(H,65,69)(H,66,70)/b10-9+/t39-,40-,49+,50+,51-,52?,53-,54-/m0/s1. The van der Waals surface area contributed by atoms with Crippen molar-refractivity contribution in [3.63, 3.8) is 0 Å². The fourth-order valence-corrected chi connectivity index (χ4v) is 10.9. The number of carbonyl (C=O) groups is 6. The molecule has 0 aromatic heterocycles. The third kappa shape index (κ3) is 14.1. The second-order valence-corrected chi connectivity index (χ2v) is 20.6. The normalized spacial score (nSPS) is 20.6. The molecule has 0 spiro atoms. The molecule has 2 aliphatic carbocycles. The van der Waals surface area contributed by atoms with Crippen LogP contribution in [0.1, 0.15) is 111 Å². The summed E-state index contributed by atoms with van der Waals surface area (Å²) < 4.78 is 12.0. The van der Waals surface area contributed by atoms with Crippen LogP contribution in [-0.4, -0.2) is 122 Å². The van der Waals surface area contributed by atoms with Crippen LogP contribution >= 0.6 is 0 Å². The van der Waals surface area contributed by atoms with Crippen LogP contribution in [0.25, 0.3) is 0 Å². The van der Waals surface area contributed by atoms with Gasteiger partial charge in [0.25, 0.3) is 0 Å². The zero-order valence-electron chi connectivity index (χ0n) is 44.5. The number of amides is 6. The summed E-state index contributed by atoms with van der Waals surface area (Å²) >= 11 is 0. The Hall–Kier alpha value is -7.04. The number of hydrogen-bond donors (Lipinski definition) is 6. The van der Waals surface area contributed by atoms with E-state index in [-0.39, 0.29) is 73.6 Å². The number of fused-ring (bicyclic) bond motifs is 2. The molecule has 2 fully saturated rings. The monoisotopic (exact) mass is 1040 g/mol. The molecule has 6 N–H and O–H groups in total. The van der Waals surface area contributed by atoms with Crippen molar-refractivity contribution in [3.8, 4) is 11.5 Å². The first kappa shape index (κ1) is 55.2. The summed E-state index contributed by atoms with van der Waals surface area (Å²) in [5.74, 6) is -0.223. The van der Waals surface area contributed by atoms with Crippen molar-refractivity contribution in [2.45, 2.75) is 139 Å². The minimum Gasteiger partial charge on any atom is -0.490 e. The molecule has 4 aromatic rings. The Balaban J connectivity index is 0.813. The molecule has 16 nitrogen and oxygen atoms in total. The molecule has 2 heterocycles. The molecular weight excluding hydrogens is 961 g/mol. The molecule has 4 aromatic carbocycles. The maximum absolute atomic E-state index is 14.3. The van der Waals surface area contributed by atoms with Crippen LogP contribution in [0.5, 0.6) is 11.5 Å². The molecule has 2 aliphatic heterocycles. The van der Waals surface area contributed by atoms with Gasteiger partial charge in [0.15, 0.2) is 0 Å². The fraction of sp³-hybridized carbons (Fsp3) is 0.467. The lowest BCUT2D eigenvalue weighted by Gasteiger charge is -2.32. The van der Waals surface area contributed by atoms with E-state index in [4.69, 9.17) is 9.47 Å². The third-order valence-corrected chi connectivity index (χ3v) is 15.5. The SMILES string of the molecule is CN[C@@H](C)C(=O)NC(Cc1ccc(OC/C=C/COc2ccc(C[C@H](NC(=O)[C@H](C)NC)C(=O)N3CCC[C@H]3C(=O)N[C@@H]3CCCc4ccccc43)cc2)cc1)C(=O)N1CCC[C@H]1C(=O)N[C@@H]1CCCc2ccccc21. The Labute approximate surface area is 447 Å². The second kappa shape index (κ2) is 26.6. The number of aryl methyl sites for hydroxylation is 2. The van der Waals surface area contributed by atoms with Crippen LogP contribution in [0, 0.1) is 0 Å². The molecule has 1 unspecified atom stereocenters. The van der Waals surface area contributed by atoms with Crippen LogP contribution in [0.4, 0.5) is 0 Å². The smallest absolute Gasteiger partial charge is 0.246 e. The number of likely N-dealkylation sites (N-methyl/N-ethyl adjacent to an activating group) is 2. The zero-order chi connectivity index (χ0) is 53.6. The van der Waals surface area contributed by atoms with Crippen LogP contribution in [0.15, 0.2) is 109 Å². The first-order valence-corrected chi connectivity index (χ1v) is 27.3. The number of likely N-dealkylation sites (tertiary alicyclic amines) is 2. The van der Waals surface area contributed by atoms with Gasteiger partial charge in [0.1, 0.15) is 48.9 Å². The van der Waals surface area contributed by atoms with Gasteiger partial charge in [0, 0.05) is 25.9 Å². The highest BCUT2D eigenvalue weighted by Gasteiger charge is 2.41. The van der Waals surface area contributed by atoms with E-state index in [0.29, 0.717) is 50.3 Å². The van der Waals surface area contributed by atoms with Gasteiger partial charge in [-0.1, -0.05) is 72.8 Å². The summed E-state index contributed by atoms with van der Waals surface area (Å²) in [6.45, 7) is 4.92. The number of hydrogen-bond acceptors (Lipinski definition) is 10. The first-order chi connectivity index (χ1) is 36.9. The Bertz CT molecular complexity index is 2500. The summed E-state index contributed by atoms with van der Waals surface area (Å²) in [6, 6.07) is 27.0. The predicted molar refractivity (Wildman–Crippen MR) is 291 cm³/mol. The third-order valence-electron chi connectivity index (χ3n) is 15.5. The molecule has 0 saturated carbocycles. The molecule has 6 amide bonds. The van der Waals surface area contributed by atoms with E-state index in [0.717, 1.165) is 60.8 Å². The van der Waals surface area contributed by atoms with Gasteiger partial charge >= 0.3 is 0 Å². The summed E-state index contributed by atoms with van der Waals surface area (Å²) in [6.07, 6.45) is 12.4. The first-order valence-electron chi connectivity index (χ1n) is 27.3. The van der Waals surface area contributed by atoms with Crippen LogP contribution in [0.2, 0.25) is 0 Å². The molecule has 8 rings (SSSR count). The Morgan fingerprint density at radius 1 is 0.539 bits per heavy atom. The van der Waals surface area contributed by atoms with Crippen LogP contribution in [0.3, 0.4) is 0 Å². The molecule has 404 valence electrons. The lowest BCUT2D eigenvalue weighted by molar-refractivity contribution is -0.141. The van der Waals surface area contributed by atoms with E-state index in [1.807, 2.05) is 84.9 Å². The Morgan fingerprint density at radius 2 is 0.934 bits per heavy atom. The maximum Gasteiger partial charge on any atom is 0.246 e. The number of rotatable bonds is 22. The molecule has 0 radical (unpaired) electrons. The topological polar surface area (TPSA) is 200 Å². The number of nitrogens with one attached hydrogen (secondary N) is 6. The van der Waals surface area contributed by atoms with Crippen LogP contribution < -0.4 is 41.4 Å². The van der Waals surface area contributed by atoms with E-state index in [1.54, 1.807) is 37.7 Å². The summed E-state index contributed by atoms with van der Waals surface area (Å²) in [5.41, 5.74) is 6.43. The number of benzene rings is 4. The summed E-state index contributed by atoms with van der Waals surface area (Å²) in [7, 11) is 3.38. The molecule has 2 saturated heterocycles. The average molecular weight is 1040 g/mol. The van der Waals surface area contributed by atoms with Gasteiger partial charge in [-0.3, -0.25) is 28.8 Å². The second-order valence-electron chi connectivity index (χ2n) is 20.6. The minimum atomic E-state index is -0.876. The Kier molecular flexibility index (Phi) is 19.3. The fourth-order valence-electron chi connectivity index (χ4n) is 10.9. The maximum atomic E-state index is 14.3. The molecule has 16 heteroatoms. The largest absolute Gasteiger partial charge is 0.490 e. The lowest BCUT2D eigenvalue weighted by Crippen LogP contribution is -2.56.